The van der Waals surface area contributed by atoms with E-state index in [4.69, 9.17) is 0 Å². The van der Waals surface area contributed by atoms with Crippen LogP contribution in [0.15, 0.2) is 24.5 Å². The van der Waals surface area contributed by atoms with Crippen molar-refractivity contribution in [2.45, 2.75) is 33.2 Å². The van der Waals surface area contributed by atoms with Crippen molar-refractivity contribution in [2.75, 3.05) is 16.8 Å². The van der Waals surface area contributed by atoms with Crippen molar-refractivity contribution in [1.29, 1.82) is 0 Å². The summed E-state index contributed by atoms with van der Waals surface area (Å²) in [5, 5.41) is 15.1. The third-order valence-electron chi connectivity index (χ3n) is 4.28. The van der Waals surface area contributed by atoms with Gasteiger partial charge in [-0.05, 0) is 52.6 Å². The number of benzene rings is 1. The molecule has 0 spiro atoms. The highest BCUT2D eigenvalue weighted by Crippen LogP contribution is 2.36. The second kappa shape index (κ2) is 5.67. The lowest BCUT2D eigenvalue weighted by atomic mass is 9.82. The second-order valence-electron chi connectivity index (χ2n) is 6.26. The highest BCUT2D eigenvalue weighted by Gasteiger charge is 2.32. The molecule has 1 aromatic carbocycles. The molecule has 0 aliphatic carbocycles. The van der Waals surface area contributed by atoms with Crippen LogP contribution in [0.25, 0.3) is 5.69 Å². The third-order valence-corrected chi connectivity index (χ3v) is 5.34. The van der Waals surface area contributed by atoms with Gasteiger partial charge in [0.2, 0.25) is 0 Å². The summed E-state index contributed by atoms with van der Waals surface area (Å²) in [6.45, 7) is 6.84. The molecule has 0 amide bonds. The third kappa shape index (κ3) is 3.05. The van der Waals surface area contributed by atoms with Crippen LogP contribution in [0.5, 0.6) is 0 Å². The van der Waals surface area contributed by atoms with Crippen LogP contribution in [0.4, 0.5) is 5.69 Å². The molecule has 2 heterocycles. The van der Waals surface area contributed by atoms with Gasteiger partial charge in [0.05, 0.1) is 5.69 Å². The van der Waals surface area contributed by atoms with Gasteiger partial charge in [-0.1, -0.05) is 19.9 Å². The molecule has 1 aliphatic heterocycles. The monoisotopic (exact) mass is 303 g/mol. The summed E-state index contributed by atoms with van der Waals surface area (Å²) in [7, 11) is 0. The van der Waals surface area contributed by atoms with Gasteiger partial charge in [-0.25, -0.2) is 4.68 Å². The maximum Gasteiger partial charge on any atom is 0.143 e. The Morgan fingerprint density at radius 3 is 2.95 bits per heavy atom. The van der Waals surface area contributed by atoms with Gasteiger partial charge in [-0.2, -0.15) is 11.8 Å². The van der Waals surface area contributed by atoms with E-state index in [9.17, 15) is 0 Å². The van der Waals surface area contributed by atoms with Crippen LogP contribution in [-0.4, -0.2) is 37.8 Å². The zero-order chi connectivity index (χ0) is 14.9. The van der Waals surface area contributed by atoms with Crippen LogP contribution in [0.3, 0.4) is 0 Å². The summed E-state index contributed by atoms with van der Waals surface area (Å²) in [4.78, 5) is 0. The smallest absolute Gasteiger partial charge is 0.143 e. The number of hydrogen-bond donors (Lipinski definition) is 1. The molecule has 3 rings (SSSR count). The van der Waals surface area contributed by atoms with Gasteiger partial charge < -0.3 is 5.32 Å². The largest absolute Gasteiger partial charge is 0.381 e. The van der Waals surface area contributed by atoms with Crippen molar-refractivity contribution in [3.63, 3.8) is 0 Å². The fourth-order valence-electron chi connectivity index (χ4n) is 2.55. The van der Waals surface area contributed by atoms with E-state index in [0.717, 1.165) is 11.4 Å². The summed E-state index contributed by atoms with van der Waals surface area (Å²) in [5.74, 6) is 2.41. The first-order valence-electron chi connectivity index (χ1n) is 7.24. The van der Waals surface area contributed by atoms with Gasteiger partial charge in [-0.3, -0.25) is 0 Å². The van der Waals surface area contributed by atoms with Crippen LogP contribution >= 0.6 is 11.8 Å². The molecule has 1 atom stereocenters. The number of nitrogens with zero attached hydrogens (tertiary/aromatic N) is 4. The van der Waals surface area contributed by atoms with Crippen molar-refractivity contribution >= 4 is 17.4 Å². The zero-order valence-corrected chi connectivity index (χ0v) is 13.5. The molecule has 1 saturated heterocycles. The molecule has 112 valence electrons. The molecule has 1 fully saturated rings. The topological polar surface area (TPSA) is 55.6 Å². The van der Waals surface area contributed by atoms with Crippen molar-refractivity contribution in [3.05, 3.63) is 30.1 Å². The van der Waals surface area contributed by atoms with Crippen molar-refractivity contribution in [3.8, 4) is 5.69 Å². The average Bonchev–Trinajstić information content (AvgIpc) is 2.97. The van der Waals surface area contributed by atoms with E-state index in [1.165, 1.54) is 23.4 Å². The van der Waals surface area contributed by atoms with E-state index in [1.807, 2.05) is 17.8 Å². The van der Waals surface area contributed by atoms with Gasteiger partial charge in [-0.15, -0.1) is 5.10 Å². The fourth-order valence-corrected chi connectivity index (χ4v) is 4.16. The standard InChI is InChI=1S/C15H21N5S/c1-11-4-5-12(20-10-16-18-19-20)8-13(11)17-14-9-21-7-6-15(14,2)3/h4-5,8,10,14,17H,6-7,9H2,1-3H3. The zero-order valence-electron chi connectivity index (χ0n) is 12.7. The van der Waals surface area contributed by atoms with E-state index in [2.05, 4.69) is 53.7 Å². The van der Waals surface area contributed by atoms with Gasteiger partial charge in [0.1, 0.15) is 6.33 Å². The minimum Gasteiger partial charge on any atom is -0.381 e. The Balaban J connectivity index is 1.86. The number of anilines is 1. The van der Waals surface area contributed by atoms with Crippen LogP contribution in [0, 0.1) is 12.3 Å². The van der Waals surface area contributed by atoms with Crippen LogP contribution in [0.2, 0.25) is 0 Å². The first kappa shape index (κ1) is 14.4. The lowest BCUT2D eigenvalue weighted by Gasteiger charge is -2.39. The van der Waals surface area contributed by atoms with Crippen LogP contribution < -0.4 is 5.32 Å². The molecule has 1 N–H and O–H groups in total. The summed E-state index contributed by atoms with van der Waals surface area (Å²) < 4.78 is 1.69. The molecule has 21 heavy (non-hydrogen) atoms. The first-order valence-corrected chi connectivity index (χ1v) is 8.40. The molecule has 6 heteroatoms. The van der Waals surface area contributed by atoms with Gasteiger partial charge in [0.25, 0.3) is 0 Å². The predicted molar refractivity (Wildman–Crippen MR) is 87.0 cm³/mol. The Labute approximate surface area is 129 Å². The second-order valence-corrected chi connectivity index (χ2v) is 7.41. The van der Waals surface area contributed by atoms with Crippen molar-refractivity contribution in [1.82, 2.24) is 20.2 Å². The maximum absolute atomic E-state index is 3.96. The Morgan fingerprint density at radius 2 is 2.24 bits per heavy atom. The molecule has 0 saturated carbocycles. The maximum atomic E-state index is 3.96. The normalized spacial score (nSPS) is 21.2. The summed E-state index contributed by atoms with van der Waals surface area (Å²) >= 11 is 2.03. The first-order chi connectivity index (χ1) is 10.1. The van der Waals surface area contributed by atoms with E-state index in [-0.39, 0.29) is 0 Å². The Bertz CT molecular complexity index is 609. The van der Waals surface area contributed by atoms with E-state index in [0.29, 0.717) is 11.5 Å². The highest BCUT2D eigenvalue weighted by molar-refractivity contribution is 7.99. The lowest BCUT2D eigenvalue weighted by molar-refractivity contribution is 0.305. The van der Waals surface area contributed by atoms with Gasteiger partial charge >= 0.3 is 0 Å². The molecule has 2 aromatic rings. The van der Waals surface area contributed by atoms with Crippen LogP contribution in [-0.2, 0) is 0 Å². The number of nitrogens with one attached hydrogen (secondary N) is 1. The van der Waals surface area contributed by atoms with Crippen LogP contribution in [0.1, 0.15) is 25.8 Å². The number of rotatable bonds is 3. The number of tetrazole rings is 1. The molecular formula is C15H21N5S. The highest BCUT2D eigenvalue weighted by atomic mass is 32.2. The number of thioether (sulfide) groups is 1. The molecule has 5 nitrogen and oxygen atoms in total. The average molecular weight is 303 g/mol. The SMILES string of the molecule is Cc1ccc(-n2cnnn2)cc1NC1CSCCC1(C)C. The number of aromatic nitrogens is 4. The molecule has 0 radical (unpaired) electrons. The molecule has 0 bridgehead atoms. The van der Waals surface area contributed by atoms with Crippen molar-refractivity contribution in [2.24, 2.45) is 5.41 Å². The van der Waals surface area contributed by atoms with Crippen molar-refractivity contribution < 1.29 is 0 Å². The van der Waals surface area contributed by atoms with E-state index >= 15 is 0 Å². The Hall–Kier alpha value is -1.56. The molecular weight excluding hydrogens is 282 g/mol. The molecule has 1 aromatic heterocycles. The van der Waals surface area contributed by atoms with Gasteiger partial charge in [0.15, 0.2) is 0 Å². The van der Waals surface area contributed by atoms with E-state index in [1.54, 1.807) is 11.0 Å². The molecule has 1 unspecified atom stereocenters. The molecule has 1 aliphatic rings. The predicted octanol–water partition coefficient (Wildman–Crippen LogP) is 2.91. The summed E-state index contributed by atoms with van der Waals surface area (Å²) in [6, 6.07) is 6.76. The summed E-state index contributed by atoms with van der Waals surface area (Å²) in [5.41, 5.74) is 3.72. The van der Waals surface area contributed by atoms with Gasteiger partial charge in [0, 0.05) is 17.5 Å². The quantitative estimate of drug-likeness (QED) is 0.945. The fraction of sp³-hybridized carbons (Fsp3) is 0.533. The number of hydrogen-bond acceptors (Lipinski definition) is 5. The minimum absolute atomic E-state index is 0.322. The van der Waals surface area contributed by atoms with E-state index < -0.39 is 0 Å². The Morgan fingerprint density at radius 1 is 1.38 bits per heavy atom. The lowest BCUT2D eigenvalue weighted by Crippen LogP contribution is -2.41. The summed E-state index contributed by atoms with van der Waals surface area (Å²) in [6.07, 6.45) is 2.87. The minimum atomic E-state index is 0.322. The Kier molecular flexibility index (Phi) is 3.89. The number of aryl methyl sites for hydroxylation is 1.